The van der Waals surface area contributed by atoms with Crippen LogP contribution in [0.5, 0.6) is 0 Å². The molecule has 0 spiro atoms. The lowest BCUT2D eigenvalue weighted by molar-refractivity contribution is 0.0942. The first-order chi connectivity index (χ1) is 10.6. The monoisotopic (exact) mass is 340 g/mol. The largest absolute Gasteiger partial charge is 0.388 e. The predicted molar refractivity (Wildman–Crippen MR) is 82.1 cm³/mol. The molecule has 0 radical (unpaired) electrons. The average Bonchev–Trinajstić information content (AvgIpc) is 3.09. The zero-order chi connectivity index (χ0) is 15.7. The highest BCUT2D eigenvalue weighted by atomic mass is 35.5. The summed E-state index contributed by atoms with van der Waals surface area (Å²) in [5.41, 5.74) is 1.24. The zero-order valence-corrected chi connectivity index (χ0v) is 13.1. The van der Waals surface area contributed by atoms with Gasteiger partial charge in [-0.15, -0.1) is 0 Å². The highest BCUT2D eigenvalue weighted by Gasteiger charge is 2.39. The van der Waals surface area contributed by atoms with E-state index in [-0.39, 0.29) is 24.0 Å². The second-order valence-corrected chi connectivity index (χ2v) is 6.16. The van der Waals surface area contributed by atoms with E-state index in [2.05, 4.69) is 10.5 Å². The Morgan fingerprint density at radius 2 is 2.23 bits per heavy atom. The molecule has 1 amide bonds. The van der Waals surface area contributed by atoms with Gasteiger partial charge in [-0.05, 0) is 36.0 Å². The van der Waals surface area contributed by atoms with Crippen LogP contribution in [0.3, 0.4) is 0 Å². The van der Waals surface area contributed by atoms with E-state index in [9.17, 15) is 4.79 Å². The number of amides is 1. The second kappa shape index (κ2) is 6.28. The summed E-state index contributed by atoms with van der Waals surface area (Å²) in [6.45, 7) is 0.268. The Morgan fingerprint density at radius 3 is 2.91 bits per heavy atom. The third-order valence-electron chi connectivity index (χ3n) is 3.76. The van der Waals surface area contributed by atoms with Crippen molar-refractivity contribution < 1.29 is 14.4 Å². The van der Waals surface area contributed by atoms with Crippen LogP contribution in [-0.2, 0) is 6.61 Å². The Hall–Kier alpha value is -1.56. The maximum Gasteiger partial charge on any atom is 0.273 e. The van der Waals surface area contributed by atoms with Gasteiger partial charge in [0.25, 0.3) is 5.91 Å². The van der Waals surface area contributed by atoms with Crippen molar-refractivity contribution in [1.82, 2.24) is 10.5 Å². The molecule has 0 bridgehead atoms. The van der Waals surface area contributed by atoms with Crippen LogP contribution in [-0.4, -0.2) is 22.7 Å². The van der Waals surface area contributed by atoms with Gasteiger partial charge in [0, 0.05) is 22.7 Å². The van der Waals surface area contributed by atoms with Crippen LogP contribution in [0.4, 0.5) is 0 Å². The normalized spacial score (nSPS) is 20.0. The molecule has 3 rings (SSSR count). The number of rotatable bonds is 5. The summed E-state index contributed by atoms with van der Waals surface area (Å²) in [7, 11) is 0. The average molecular weight is 341 g/mol. The maximum absolute atomic E-state index is 11.9. The highest BCUT2D eigenvalue weighted by Crippen LogP contribution is 2.49. The summed E-state index contributed by atoms with van der Waals surface area (Å²) < 4.78 is 4.78. The summed E-state index contributed by atoms with van der Waals surface area (Å²) in [6, 6.07) is 6.92. The van der Waals surface area contributed by atoms with Gasteiger partial charge in [0.15, 0.2) is 11.5 Å². The van der Waals surface area contributed by atoms with Crippen LogP contribution in [0.25, 0.3) is 0 Å². The van der Waals surface area contributed by atoms with Crippen LogP contribution in [0.2, 0.25) is 10.0 Å². The number of hydrogen-bond acceptors (Lipinski definition) is 4. The molecule has 1 saturated carbocycles. The number of hydrogen-bond donors (Lipinski definition) is 2. The minimum absolute atomic E-state index is 0.172. The first-order valence-corrected chi connectivity index (χ1v) is 7.63. The summed E-state index contributed by atoms with van der Waals surface area (Å²) in [5, 5.41) is 16.6. The van der Waals surface area contributed by atoms with Gasteiger partial charge in [0.1, 0.15) is 6.61 Å². The fourth-order valence-electron chi connectivity index (χ4n) is 2.47. The number of carbonyl (C=O) groups is 1. The first-order valence-electron chi connectivity index (χ1n) is 6.88. The van der Waals surface area contributed by atoms with E-state index >= 15 is 0 Å². The number of halogens is 2. The van der Waals surface area contributed by atoms with E-state index in [1.165, 1.54) is 6.07 Å². The molecule has 2 N–H and O–H groups in total. The standard InChI is InChI=1S/C15H14Cl2N2O3/c16-9-1-2-11(13(17)4-9)12-3-8(12)6-18-15(21)14-5-10(7-20)22-19-14/h1-2,4-5,8,12,20H,3,6-7H2,(H,18,21)/t8-,12+/m0/s1. The van der Waals surface area contributed by atoms with Crippen LogP contribution in [0.15, 0.2) is 28.8 Å². The maximum atomic E-state index is 11.9. The van der Waals surface area contributed by atoms with Gasteiger partial charge in [-0.1, -0.05) is 34.4 Å². The molecule has 7 heteroatoms. The fourth-order valence-corrected chi connectivity index (χ4v) is 3.01. The molecule has 1 fully saturated rings. The van der Waals surface area contributed by atoms with Crippen molar-refractivity contribution in [3.8, 4) is 0 Å². The SMILES string of the molecule is O=C(NC[C@@H]1C[C@H]1c1ccc(Cl)cc1Cl)c1cc(CO)on1. The van der Waals surface area contributed by atoms with Crippen molar-refractivity contribution in [2.45, 2.75) is 18.9 Å². The first kappa shape index (κ1) is 15.3. The molecule has 1 heterocycles. The van der Waals surface area contributed by atoms with E-state index in [4.69, 9.17) is 32.8 Å². The molecule has 116 valence electrons. The predicted octanol–water partition coefficient (Wildman–Crippen LogP) is 3.01. The van der Waals surface area contributed by atoms with E-state index in [1.54, 1.807) is 6.07 Å². The Labute approximate surface area is 137 Å². The molecule has 0 unspecified atom stereocenters. The third-order valence-corrected chi connectivity index (χ3v) is 4.32. The molecule has 2 aromatic rings. The number of nitrogens with one attached hydrogen (secondary N) is 1. The van der Waals surface area contributed by atoms with Crippen molar-refractivity contribution in [3.63, 3.8) is 0 Å². The quantitative estimate of drug-likeness (QED) is 0.877. The van der Waals surface area contributed by atoms with E-state index in [1.807, 2.05) is 12.1 Å². The topological polar surface area (TPSA) is 75.4 Å². The van der Waals surface area contributed by atoms with E-state index in [0.29, 0.717) is 28.4 Å². The van der Waals surface area contributed by atoms with E-state index < -0.39 is 0 Å². The molecule has 0 saturated heterocycles. The molecule has 1 aliphatic carbocycles. The molecule has 0 aliphatic heterocycles. The fraction of sp³-hybridized carbons (Fsp3) is 0.333. The zero-order valence-electron chi connectivity index (χ0n) is 11.6. The number of nitrogens with zero attached hydrogens (tertiary/aromatic N) is 1. The van der Waals surface area contributed by atoms with Gasteiger partial charge in [-0.25, -0.2) is 0 Å². The lowest BCUT2D eigenvalue weighted by Crippen LogP contribution is -2.26. The van der Waals surface area contributed by atoms with Gasteiger partial charge in [-0.3, -0.25) is 4.79 Å². The van der Waals surface area contributed by atoms with Crippen molar-refractivity contribution in [3.05, 3.63) is 51.3 Å². The summed E-state index contributed by atoms with van der Waals surface area (Å²) >= 11 is 12.1. The van der Waals surface area contributed by atoms with Gasteiger partial charge >= 0.3 is 0 Å². The third kappa shape index (κ3) is 3.27. The molecule has 1 aliphatic rings. The van der Waals surface area contributed by atoms with Crippen LogP contribution < -0.4 is 5.32 Å². The Balaban J connectivity index is 1.54. The van der Waals surface area contributed by atoms with Crippen molar-refractivity contribution in [1.29, 1.82) is 0 Å². The Morgan fingerprint density at radius 1 is 1.41 bits per heavy atom. The Kier molecular flexibility index (Phi) is 4.38. The number of carbonyl (C=O) groups excluding carboxylic acids is 1. The molecule has 22 heavy (non-hydrogen) atoms. The number of benzene rings is 1. The molecule has 5 nitrogen and oxygen atoms in total. The number of aliphatic hydroxyl groups excluding tert-OH is 1. The lowest BCUT2D eigenvalue weighted by atomic mass is 10.1. The lowest BCUT2D eigenvalue weighted by Gasteiger charge is -2.05. The van der Waals surface area contributed by atoms with E-state index in [0.717, 1.165) is 12.0 Å². The molecular weight excluding hydrogens is 327 g/mol. The summed E-state index contributed by atoms with van der Waals surface area (Å²) in [4.78, 5) is 11.9. The molecule has 1 aromatic carbocycles. The number of aliphatic hydroxyl groups is 1. The van der Waals surface area contributed by atoms with Gasteiger partial charge in [-0.2, -0.15) is 0 Å². The number of aromatic nitrogens is 1. The van der Waals surface area contributed by atoms with Gasteiger partial charge < -0.3 is 14.9 Å². The van der Waals surface area contributed by atoms with Crippen molar-refractivity contribution in [2.75, 3.05) is 6.54 Å². The minimum atomic E-state index is -0.309. The van der Waals surface area contributed by atoms with Gasteiger partial charge in [0.05, 0.1) is 0 Å². The van der Waals surface area contributed by atoms with Gasteiger partial charge in [0.2, 0.25) is 0 Å². The van der Waals surface area contributed by atoms with Crippen molar-refractivity contribution >= 4 is 29.1 Å². The highest BCUT2D eigenvalue weighted by molar-refractivity contribution is 6.35. The van der Waals surface area contributed by atoms with Crippen molar-refractivity contribution in [2.24, 2.45) is 5.92 Å². The smallest absolute Gasteiger partial charge is 0.273 e. The Bertz CT molecular complexity index is 702. The summed E-state index contributed by atoms with van der Waals surface area (Å²) in [6.07, 6.45) is 0.975. The molecule has 1 aromatic heterocycles. The second-order valence-electron chi connectivity index (χ2n) is 5.31. The van der Waals surface area contributed by atoms with Crippen LogP contribution in [0.1, 0.15) is 34.2 Å². The minimum Gasteiger partial charge on any atom is -0.388 e. The summed E-state index contributed by atoms with van der Waals surface area (Å²) in [5.74, 6) is 0.654. The molecular formula is C15H14Cl2N2O3. The van der Waals surface area contributed by atoms with Crippen LogP contribution in [0, 0.1) is 5.92 Å². The molecule has 2 atom stereocenters. The van der Waals surface area contributed by atoms with Crippen LogP contribution >= 0.6 is 23.2 Å².